The molecule has 0 radical (unpaired) electrons. The Morgan fingerprint density at radius 3 is 2.45 bits per heavy atom. The average Bonchev–Trinajstić information content (AvgIpc) is 3.20. The van der Waals surface area contributed by atoms with Crippen molar-refractivity contribution in [3.05, 3.63) is 0 Å². The van der Waals surface area contributed by atoms with Crippen molar-refractivity contribution in [2.24, 2.45) is 16.1 Å². The van der Waals surface area contributed by atoms with E-state index in [1.807, 2.05) is 0 Å². The van der Waals surface area contributed by atoms with E-state index in [1.54, 1.807) is 7.11 Å². The Kier molecular flexibility index (Phi) is 8.17. The summed E-state index contributed by atoms with van der Waals surface area (Å²) in [6.07, 6.45) is 11.5. The summed E-state index contributed by atoms with van der Waals surface area (Å²) in [5.41, 5.74) is 6.42. The number of methoxy groups -OCH3 is 1. The van der Waals surface area contributed by atoms with E-state index in [-0.39, 0.29) is 24.0 Å². The molecule has 0 unspecified atom stereocenters. The van der Waals surface area contributed by atoms with Gasteiger partial charge in [0.05, 0.1) is 0 Å². The molecule has 4 nitrogen and oxygen atoms in total. The van der Waals surface area contributed by atoms with Gasteiger partial charge in [0.1, 0.15) is 0 Å². The van der Waals surface area contributed by atoms with Crippen molar-refractivity contribution in [3.8, 4) is 0 Å². The number of ether oxygens (including phenoxy) is 1. The third-order valence-electron chi connectivity index (χ3n) is 4.59. The van der Waals surface area contributed by atoms with Crippen LogP contribution in [-0.2, 0) is 4.74 Å². The minimum atomic E-state index is 0. The van der Waals surface area contributed by atoms with E-state index in [1.165, 1.54) is 51.4 Å². The number of nitrogens with zero attached hydrogens (tertiary/aromatic N) is 1. The highest BCUT2D eigenvalue weighted by Crippen LogP contribution is 2.48. The summed E-state index contributed by atoms with van der Waals surface area (Å²) in [4.78, 5) is 4.56. The first-order valence-electron chi connectivity index (χ1n) is 7.79. The molecule has 2 rings (SSSR count). The summed E-state index contributed by atoms with van der Waals surface area (Å²) in [6, 6.07) is 0.542. The third-order valence-corrected chi connectivity index (χ3v) is 4.59. The summed E-state index contributed by atoms with van der Waals surface area (Å²) in [7, 11) is 1.77. The Bertz CT molecular complexity index is 297. The number of nitrogens with two attached hydrogens (primary N) is 1. The van der Waals surface area contributed by atoms with E-state index in [9.17, 15) is 0 Å². The zero-order valence-electron chi connectivity index (χ0n) is 12.7. The fourth-order valence-corrected chi connectivity index (χ4v) is 2.91. The number of rotatable bonds is 6. The van der Waals surface area contributed by atoms with Crippen LogP contribution in [0.15, 0.2) is 4.99 Å². The third kappa shape index (κ3) is 6.16. The van der Waals surface area contributed by atoms with E-state index < -0.39 is 0 Å². The Morgan fingerprint density at radius 2 is 1.90 bits per heavy atom. The molecule has 2 fully saturated rings. The quantitative estimate of drug-likeness (QED) is 0.315. The summed E-state index contributed by atoms with van der Waals surface area (Å²) in [5, 5.41) is 3.41. The van der Waals surface area contributed by atoms with Crippen molar-refractivity contribution >= 4 is 29.9 Å². The normalized spacial score (nSPS) is 22.8. The molecule has 0 saturated heterocycles. The van der Waals surface area contributed by atoms with Crippen molar-refractivity contribution in [2.45, 2.75) is 63.8 Å². The lowest BCUT2D eigenvalue weighted by molar-refractivity contribution is 0.174. The molecule has 2 saturated carbocycles. The van der Waals surface area contributed by atoms with Crippen LogP contribution in [0.5, 0.6) is 0 Å². The maximum absolute atomic E-state index is 6.03. The van der Waals surface area contributed by atoms with E-state index in [4.69, 9.17) is 10.5 Å². The second kappa shape index (κ2) is 9.07. The topological polar surface area (TPSA) is 59.6 Å². The Balaban J connectivity index is 0.00000200. The van der Waals surface area contributed by atoms with Crippen molar-refractivity contribution in [2.75, 3.05) is 20.3 Å². The van der Waals surface area contributed by atoms with Crippen LogP contribution >= 0.6 is 24.0 Å². The molecule has 5 heteroatoms. The van der Waals surface area contributed by atoms with Crippen LogP contribution in [0.1, 0.15) is 57.8 Å². The molecule has 0 heterocycles. The zero-order valence-corrected chi connectivity index (χ0v) is 15.0. The van der Waals surface area contributed by atoms with Gasteiger partial charge in [-0.25, -0.2) is 0 Å². The van der Waals surface area contributed by atoms with Crippen molar-refractivity contribution in [1.29, 1.82) is 0 Å². The molecule has 0 aromatic heterocycles. The maximum Gasteiger partial charge on any atom is 0.188 e. The number of halogens is 1. The predicted molar refractivity (Wildman–Crippen MR) is 94.7 cm³/mol. The highest BCUT2D eigenvalue weighted by molar-refractivity contribution is 14.0. The van der Waals surface area contributed by atoms with Gasteiger partial charge in [-0.1, -0.05) is 25.7 Å². The van der Waals surface area contributed by atoms with Crippen LogP contribution in [0.3, 0.4) is 0 Å². The van der Waals surface area contributed by atoms with Crippen LogP contribution in [-0.4, -0.2) is 32.3 Å². The number of hydrogen-bond donors (Lipinski definition) is 2. The van der Waals surface area contributed by atoms with Crippen molar-refractivity contribution in [3.63, 3.8) is 0 Å². The van der Waals surface area contributed by atoms with Gasteiger partial charge < -0.3 is 15.8 Å². The van der Waals surface area contributed by atoms with Crippen LogP contribution in [0.25, 0.3) is 0 Å². The number of nitrogens with one attached hydrogen (secondary N) is 1. The highest BCUT2D eigenvalue weighted by Gasteiger charge is 2.41. The maximum atomic E-state index is 6.03. The van der Waals surface area contributed by atoms with Crippen molar-refractivity contribution in [1.82, 2.24) is 5.32 Å². The van der Waals surface area contributed by atoms with E-state index in [0.29, 0.717) is 17.4 Å². The molecule has 0 bridgehead atoms. The fourth-order valence-electron chi connectivity index (χ4n) is 2.91. The van der Waals surface area contributed by atoms with Crippen LogP contribution in [0.2, 0.25) is 0 Å². The summed E-state index contributed by atoms with van der Waals surface area (Å²) in [5.74, 6) is 0.649. The Morgan fingerprint density at radius 1 is 1.25 bits per heavy atom. The van der Waals surface area contributed by atoms with Gasteiger partial charge in [0, 0.05) is 26.3 Å². The van der Waals surface area contributed by atoms with Crippen molar-refractivity contribution < 1.29 is 4.74 Å². The molecular formula is C15H30IN3O. The minimum Gasteiger partial charge on any atom is -0.385 e. The standard InChI is InChI=1S/C15H29N3O.HI/c1-19-11-10-15(8-9-15)12-17-14(16)18-13-6-4-2-3-5-7-13;/h13H,2-12H2,1H3,(H3,16,17,18);1H. The van der Waals surface area contributed by atoms with Gasteiger partial charge in [0.2, 0.25) is 0 Å². The summed E-state index contributed by atoms with van der Waals surface area (Å²) >= 11 is 0. The van der Waals surface area contributed by atoms with Crippen LogP contribution in [0, 0.1) is 5.41 Å². The van der Waals surface area contributed by atoms with E-state index >= 15 is 0 Å². The molecule has 20 heavy (non-hydrogen) atoms. The van der Waals surface area contributed by atoms with Gasteiger partial charge in [-0.15, -0.1) is 24.0 Å². The first-order chi connectivity index (χ1) is 9.24. The molecule has 3 N–H and O–H groups in total. The van der Waals surface area contributed by atoms with Crippen LogP contribution < -0.4 is 11.1 Å². The van der Waals surface area contributed by atoms with Gasteiger partial charge in [-0.2, -0.15) is 0 Å². The zero-order chi connectivity index (χ0) is 13.6. The monoisotopic (exact) mass is 395 g/mol. The lowest BCUT2D eigenvalue weighted by Gasteiger charge is -2.18. The molecule has 0 atom stereocenters. The van der Waals surface area contributed by atoms with Gasteiger partial charge in [0.25, 0.3) is 0 Å². The molecule has 0 aromatic rings. The number of hydrogen-bond acceptors (Lipinski definition) is 2. The smallest absolute Gasteiger partial charge is 0.188 e. The predicted octanol–water partition coefficient (Wildman–Crippen LogP) is 3.05. The lowest BCUT2D eigenvalue weighted by Crippen LogP contribution is -2.40. The Hall–Kier alpha value is -0.0400. The molecule has 0 amide bonds. The van der Waals surface area contributed by atoms with Gasteiger partial charge in [0.15, 0.2) is 5.96 Å². The number of guanidine groups is 1. The molecule has 2 aliphatic carbocycles. The van der Waals surface area contributed by atoms with E-state index in [2.05, 4.69) is 10.3 Å². The second-order valence-electron chi connectivity index (χ2n) is 6.28. The average molecular weight is 395 g/mol. The van der Waals surface area contributed by atoms with Gasteiger partial charge >= 0.3 is 0 Å². The second-order valence-corrected chi connectivity index (χ2v) is 6.28. The summed E-state index contributed by atoms with van der Waals surface area (Å²) in [6.45, 7) is 1.70. The fraction of sp³-hybridized carbons (Fsp3) is 0.933. The first-order valence-corrected chi connectivity index (χ1v) is 7.79. The molecular weight excluding hydrogens is 365 g/mol. The van der Waals surface area contributed by atoms with Gasteiger partial charge in [-0.05, 0) is 37.5 Å². The summed E-state index contributed by atoms with van der Waals surface area (Å²) < 4.78 is 5.16. The Labute approximate surface area is 140 Å². The van der Waals surface area contributed by atoms with E-state index in [0.717, 1.165) is 19.6 Å². The minimum absolute atomic E-state index is 0. The van der Waals surface area contributed by atoms with Gasteiger partial charge in [-0.3, -0.25) is 4.99 Å². The largest absolute Gasteiger partial charge is 0.385 e. The first kappa shape index (κ1) is 18.0. The number of aliphatic imine (C=N–C) groups is 1. The highest BCUT2D eigenvalue weighted by atomic mass is 127. The molecule has 0 aromatic carbocycles. The lowest BCUT2D eigenvalue weighted by atomic mass is 10.0. The SMILES string of the molecule is COCCC1(CN=C(N)NC2CCCCCC2)CC1.I. The van der Waals surface area contributed by atoms with Crippen LogP contribution in [0.4, 0.5) is 0 Å². The molecule has 118 valence electrons. The molecule has 2 aliphatic rings. The molecule has 0 aliphatic heterocycles. The molecule has 0 spiro atoms.